The monoisotopic (exact) mass is 420 g/mol. The lowest BCUT2D eigenvalue weighted by Gasteiger charge is -2.35. The molecule has 1 fully saturated rings. The summed E-state index contributed by atoms with van der Waals surface area (Å²) < 4.78 is 11.2. The van der Waals surface area contributed by atoms with E-state index in [1.54, 1.807) is 25.6 Å². The SMILES string of the molecule is CCOc1cc(CN2CCCCC2c2cc(=O)[nH]c(-c3ccncc3)n2)ccc1OC. The fourth-order valence-corrected chi connectivity index (χ4v) is 4.13. The van der Waals surface area contributed by atoms with Crippen LogP contribution in [0.4, 0.5) is 0 Å². The number of likely N-dealkylation sites (tertiary alicyclic amines) is 1. The highest BCUT2D eigenvalue weighted by Crippen LogP contribution is 2.33. The molecule has 0 spiro atoms. The van der Waals surface area contributed by atoms with Crippen LogP contribution >= 0.6 is 0 Å². The van der Waals surface area contributed by atoms with E-state index in [-0.39, 0.29) is 11.6 Å². The van der Waals surface area contributed by atoms with Crippen molar-refractivity contribution in [2.45, 2.75) is 38.8 Å². The number of benzene rings is 1. The van der Waals surface area contributed by atoms with Crippen molar-refractivity contribution in [3.8, 4) is 22.9 Å². The number of pyridine rings is 1. The van der Waals surface area contributed by atoms with Crippen LogP contribution in [0.1, 0.15) is 43.5 Å². The topological polar surface area (TPSA) is 80.3 Å². The zero-order valence-corrected chi connectivity index (χ0v) is 18.0. The highest BCUT2D eigenvalue weighted by atomic mass is 16.5. The third-order valence-corrected chi connectivity index (χ3v) is 5.58. The fraction of sp³-hybridized carbons (Fsp3) is 0.375. The van der Waals surface area contributed by atoms with Gasteiger partial charge in [-0.05, 0) is 56.1 Å². The lowest BCUT2D eigenvalue weighted by atomic mass is 9.98. The van der Waals surface area contributed by atoms with E-state index in [9.17, 15) is 4.79 Å². The first-order chi connectivity index (χ1) is 15.2. The molecule has 0 radical (unpaired) electrons. The molecule has 0 bridgehead atoms. The van der Waals surface area contributed by atoms with Gasteiger partial charge < -0.3 is 14.5 Å². The van der Waals surface area contributed by atoms with E-state index in [1.165, 1.54) is 0 Å². The van der Waals surface area contributed by atoms with E-state index in [0.717, 1.165) is 60.7 Å². The molecule has 0 amide bonds. The Morgan fingerprint density at radius 3 is 2.74 bits per heavy atom. The van der Waals surface area contributed by atoms with Crippen LogP contribution in [0, 0.1) is 0 Å². The molecule has 1 aliphatic rings. The van der Waals surface area contributed by atoms with Crippen LogP contribution in [0.3, 0.4) is 0 Å². The number of hydrogen-bond acceptors (Lipinski definition) is 6. The van der Waals surface area contributed by atoms with Gasteiger partial charge in [-0.2, -0.15) is 0 Å². The number of rotatable bonds is 7. The normalized spacial score (nSPS) is 16.8. The summed E-state index contributed by atoms with van der Waals surface area (Å²) in [7, 11) is 1.65. The third kappa shape index (κ3) is 4.94. The van der Waals surface area contributed by atoms with E-state index < -0.39 is 0 Å². The largest absolute Gasteiger partial charge is 0.493 e. The molecule has 2 aromatic heterocycles. The number of aromatic nitrogens is 3. The first kappa shape index (κ1) is 21.1. The summed E-state index contributed by atoms with van der Waals surface area (Å²) in [5.74, 6) is 2.07. The lowest BCUT2D eigenvalue weighted by Crippen LogP contribution is -2.34. The first-order valence-electron chi connectivity index (χ1n) is 10.7. The van der Waals surface area contributed by atoms with Crippen molar-refractivity contribution in [1.82, 2.24) is 19.9 Å². The molecule has 7 heteroatoms. The van der Waals surface area contributed by atoms with Crippen LogP contribution in [0.2, 0.25) is 0 Å². The standard InChI is InChI=1S/C24H28N4O3/c1-3-31-22-14-17(7-8-21(22)30-2)16-28-13-5-4-6-20(28)19-15-23(29)27-24(26-19)18-9-11-25-12-10-18/h7-12,14-15,20H,3-6,13,16H2,1-2H3,(H,26,27,29). The van der Waals surface area contributed by atoms with Gasteiger partial charge in [-0.3, -0.25) is 14.7 Å². The minimum atomic E-state index is -0.134. The van der Waals surface area contributed by atoms with Gasteiger partial charge in [0.25, 0.3) is 5.56 Å². The molecule has 1 saturated heterocycles. The predicted molar refractivity (Wildman–Crippen MR) is 119 cm³/mol. The van der Waals surface area contributed by atoms with Gasteiger partial charge in [0.2, 0.25) is 0 Å². The lowest BCUT2D eigenvalue weighted by molar-refractivity contribution is 0.137. The van der Waals surface area contributed by atoms with Crippen LogP contribution in [0.15, 0.2) is 53.6 Å². The Morgan fingerprint density at radius 2 is 1.97 bits per heavy atom. The van der Waals surface area contributed by atoms with Crippen LogP contribution in [0.5, 0.6) is 11.5 Å². The Morgan fingerprint density at radius 1 is 1.13 bits per heavy atom. The molecule has 162 valence electrons. The predicted octanol–water partition coefficient (Wildman–Crippen LogP) is 3.97. The Kier molecular flexibility index (Phi) is 6.62. The molecule has 0 aliphatic carbocycles. The summed E-state index contributed by atoms with van der Waals surface area (Å²) >= 11 is 0. The third-order valence-electron chi connectivity index (χ3n) is 5.58. The summed E-state index contributed by atoms with van der Waals surface area (Å²) in [6, 6.07) is 11.5. The number of methoxy groups -OCH3 is 1. The molecule has 1 N–H and O–H groups in total. The van der Waals surface area contributed by atoms with Crippen molar-refractivity contribution in [1.29, 1.82) is 0 Å². The van der Waals surface area contributed by atoms with Gasteiger partial charge in [0.05, 0.1) is 25.5 Å². The highest BCUT2D eigenvalue weighted by molar-refractivity contribution is 5.53. The Balaban J connectivity index is 1.62. The van der Waals surface area contributed by atoms with Crippen LogP contribution in [-0.4, -0.2) is 40.1 Å². The quantitative estimate of drug-likeness (QED) is 0.623. The Hall–Kier alpha value is -3.19. The minimum absolute atomic E-state index is 0.0919. The van der Waals surface area contributed by atoms with Gasteiger partial charge in [0.1, 0.15) is 5.82 Å². The van der Waals surface area contributed by atoms with Crippen molar-refractivity contribution in [2.75, 3.05) is 20.3 Å². The van der Waals surface area contributed by atoms with Crippen molar-refractivity contribution in [3.05, 3.63) is 70.4 Å². The molecule has 31 heavy (non-hydrogen) atoms. The maximum Gasteiger partial charge on any atom is 0.251 e. The maximum absolute atomic E-state index is 12.4. The van der Waals surface area contributed by atoms with Crippen LogP contribution < -0.4 is 15.0 Å². The maximum atomic E-state index is 12.4. The van der Waals surface area contributed by atoms with Crippen LogP contribution in [0.25, 0.3) is 11.4 Å². The van der Waals surface area contributed by atoms with Crippen molar-refractivity contribution >= 4 is 0 Å². The second-order valence-electron chi connectivity index (χ2n) is 7.66. The molecular weight excluding hydrogens is 392 g/mol. The molecule has 7 nitrogen and oxygen atoms in total. The van der Waals surface area contributed by atoms with Crippen molar-refractivity contribution in [2.24, 2.45) is 0 Å². The Labute approximate surface area is 182 Å². The van der Waals surface area contributed by atoms with E-state index in [4.69, 9.17) is 14.5 Å². The number of H-pyrrole nitrogens is 1. The molecule has 1 aromatic carbocycles. The van der Waals surface area contributed by atoms with Crippen molar-refractivity contribution < 1.29 is 9.47 Å². The molecule has 1 atom stereocenters. The van der Waals surface area contributed by atoms with E-state index in [1.807, 2.05) is 31.2 Å². The zero-order chi connectivity index (χ0) is 21.6. The van der Waals surface area contributed by atoms with Gasteiger partial charge in [0, 0.05) is 30.6 Å². The van der Waals surface area contributed by atoms with Gasteiger partial charge in [-0.25, -0.2) is 4.98 Å². The zero-order valence-electron chi connectivity index (χ0n) is 18.0. The number of hydrogen-bond donors (Lipinski definition) is 1. The number of ether oxygens (including phenoxy) is 2. The average Bonchev–Trinajstić information content (AvgIpc) is 2.80. The summed E-state index contributed by atoms with van der Waals surface area (Å²) in [4.78, 5) is 26.6. The summed E-state index contributed by atoms with van der Waals surface area (Å²) in [6.45, 7) is 4.26. The molecule has 3 aromatic rings. The molecule has 4 rings (SSSR count). The molecule has 0 saturated carbocycles. The smallest absolute Gasteiger partial charge is 0.251 e. The van der Waals surface area contributed by atoms with E-state index >= 15 is 0 Å². The number of nitrogens with one attached hydrogen (secondary N) is 1. The Bertz CT molecular complexity index is 1070. The number of aromatic amines is 1. The highest BCUT2D eigenvalue weighted by Gasteiger charge is 2.26. The second-order valence-corrected chi connectivity index (χ2v) is 7.66. The van der Waals surface area contributed by atoms with Crippen LogP contribution in [-0.2, 0) is 6.54 Å². The number of nitrogens with zero attached hydrogens (tertiary/aromatic N) is 3. The average molecular weight is 421 g/mol. The van der Waals surface area contributed by atoms with E-state index in [0.29, 0.717) is 12.4 Å². The van der Waals surface area contributed by atoms with E-state index in [2.05, 4.69) is 20.9 Å². The van der Waals surface area contributed by atoms with Gasteiger partial charge in [0.15, 0.2) is 11.5 Å². The van der Waals surface area contributed by atoms with Gasteiger partial charge in [-0.15, -0.1) is 0 Å². The minimum Gasteiger partial charge on any atom is -0.493 e. The summed E-state index contributed by atoms with van der Waals surface area (Å²) in [6.07, 6.45) is 6.63. The molecule has 1 aliphatic heterocycles. The molecular formula is C24H28N4O3. The molecule has 3 heterocycles. The first-order valence-corrected chi connectivity index (χ1v) is 10.7. The number of piperidine rings is 1. The molecule has 1 unspecified atom stereocenters. The van der Waals surface area contributed by atoms with Gasteiger partial charge in [-0.1, -0.05) is 12.5 Å². The summed E-state index contributed by atoms with van der Waals surface area (Å²) in [5, 5.41) is 0. The van der Waals surface area contributed by atoms with Gasteiger partial charge >= 0.3 is 0 Å². The fourth-order valence-electron chi connectivity index (χ4n) is 4.13. The summed E-state index contributed by atoms with van der Waals surface area (Å²) in [5.41, 5.74) is 2.68. The second kappa shape index (κ2) is 9.75. The van der Waals surface area contributed by atoms with Crippen molar-refractivity contribution in [3.63, 3.8) is 0 Å².